The summed E-state index contributed by atoms with van der Waals surface area (Å²) in [5.74, 6) is 1.25. The van der Waals surface area contributed by atoms with Crippen LogP contribution in [0.2, 0.25) is 0 Å². The van der Waals surface area contributed by atoms with Crippen LogP contribution in [0.4, 0.5) is 10.1 Å². The molecule has 0 atom stereocenters. The zero-order valence-corrected chi connectivity index (χ0v) is 21.2. The van der Waals surface area contributed by atoms with Gasteiger partial charge in [0.05, 0.1) is 17.2 Å². The van der Waals surface area contributed by atoms with Crippen molar-refractivity contribution in [3.05, 3.63) is 90.2 Å². The number of para-hydroxylation sites is 1. The molecule has 9 heteroatoms. The molecule has 0 fully saturated rings. The molecular formula is C26H29FN2O4S2. The van der Waals surface area contributed by atoms with Gasteiger partial charge in [-0.25, -0.2) is 12.8 Å². The van der Waals surface area contributed by atoms with Crippen molar-refractivity contribution in [3.63, 3.8) is 0 Å². The monoisotopic (exact) mass is 516 g/mol. The molecule has 0 aliphatic rings. The van der Waals surface area contributed by atoms with Gasteiger partial charge in [0.15, 0.2) is 0 Å². The van der Waals surface area contributed by atoms with Crippen LogP contribution in [-0.4, -0.2) is 39.8 Å². The van der Waals surface area contributed by atoms with Crippen molar-refractivity contribution < 1.29 is 22.3 Å². The van der Waals surface area contributed by atoms with Crippen LogP contribution < -0.4 is 14.4 Å². The summed E-state index contributed by atoms with van der Waals surface area (Å²) in [5, 5.41) is 2.79. The molecule has 3 aromatic rings. The molecule has 0 aliphatic heterocycles. The summed E-state index contributed by atoms with van der Waals surface area (Å²) < 4.78 is 46.9. The molecule has 0 spiro atoms. The van der Waals surface area contributed by atoms with Gasteiger partial charge in [-0.1, -0.05) is 36.4 Å². The van der Waals surface area contributed by atoms with E-state index in [9.17, 15) is 17.6 Å². The summed E-state index contributed by atoms with van der Waals surface area (Å²) in [4.78, 5) is 12.7. The number of nitrogens with zero attached hydrogens (tertiary/aromatic N) is 1. The summed E-state index contributed by atoms with van der Waals surface area (Å²) in [5.41, 5.74) is 1.05. The van der Waals surface area contributed by atoms with Gasteiger partial charge < -0.3 is 10.1 Å². The summed E-state index contributed by atoms with van der Waals surface area (Å²) in [6, 6.07) is 21.3. The Bertz CT molecular complexity index is 1190. The zero-order valence-electron chi connectivity index (χ0n) is 19.5. The minimum Gasteiger partial charge on any atom is -0.494 e. The molecule has 0 heterocycles. The molecular weight excluding hydrogens is 487 g/mol. The number of rotatable bonds is 13. The van der Waals surface area contributed by atoms with Gasteiger partial charge in [-0.3, -0.25) is 9.10 Å². The van der Waals surface area contributed by atoms with E-state index < -0.39 is 15.9 Å². The van der Waals surface area contributed by atoms with E-state index in [4.69, 9.17) is 4.74 Å². The Labute approximate surface area is 210 Å². The fourth-order valence-corrected chi connectivity index (χ4v) is 5.66. The van der Waals surface area contributed by atoms with E-state index in [1.165, 1.54) is 18.2 Å². The maximum atomic E-state index is 13.7. The zero-order chi connectivity index (χ0) is 25.1. The molecule has 0 aromatic heterocycles. The van der Waals surface area contributed by atoms with Gasteiger partial charge in [-0.2, -0.15) is 11.8 Å². The van der Waals surface area contributed by atoms with E-state index in [2.05, 4.69) is 5.32 Å². The molecule has 186 valence electrons. The van der Waals surface area contributed by atoms with Crippen molar-refractivity contribution in [2.45, 2.75) is 24.0 Å². The maximum absolute atomic E-state index is 13.7. The lowest BCUT2D eigenvalue weighted by atomic mass is 10.2. The van der Waals surface area contributed by atoms with Crippen LogP contribution in [0, 0.1) is 5.82 Å². The molecule has 3 aromatic carbocycles. The molecule has 0 radical (unpaired) electrons. The second-order valence-electron chi connectivity index (χ2n) is 7.60. The number of hydrogen-bond acceptors (Lipinski definition) is 5. The lowest BCUT2D eigenvalue weighted by Crippen LogP contribution is -2.41. The first-order chi connectivity index (χ1) is 16.9. The number of nitrogens with one attached hydrogen (secondary N) is 1. The van der Waals surface area contributed by atoms with Crippen LogP contribution in [0.5, 0.6) is 5.75 Å². The van der Waals surface area contributed by atoms with E-state index >= 15 is 0 Å². The topological polar surface area (TPSA) is 75.7 Å². The van der Waals surface area contributed by atoms with E-state index in [0.29, 0.717) is 42.3 Å². The SMILES string of the molecule is CCOc1ccc(S(=O)(=O)N(CC(=O)NCCCSCc2ccccc2F)c2ccccc2)cc1. The van der Waals surface area contributed by atoms with Gasteiger partial charge in [0.25, 0.3) is 10.0 Å². The minimum atomic E-state index is -3.98. The summed E-state index contributed by atoms with van der Waals surface area (Å²) in [6.07, 6.45) is 0.682. The smallest absolute Gasteiger partial charge is 0.264 e. The predicted molar refractivity (Wildman–Crippen MR) is 139 cm³/mol. The quantitative estimate of drug-likeness (QED) is 0.329. The third-order valence-corrected chi connectivity index (χ3v) is 7.94. The van der Waals surface area contributed by atoms with Crippen molar-refractivity contribution in [2.24, 2.45) is 0 Å². The highest BCUT2D eigenvalue weighted by molar-refractivity contribution is 7.98. The largest absolute Gasteiger partial charge is 0.494 e. The van der Waals surface area contributed by atoms with Crippen LogP contribution in [0.3, 0.4) is 0 Å². The number of sulfonamides is 1. The van der Waals surface area contributed by atoms with E-state index in [1.807, 2.05) is 6.92 Å². The Morgan fingerprint density at radius 2 is 1.69 bits per heavy atom. The van der Waals surface area contributed by atoms with E-state index in [0.717, 1.165) is 10.1 Å². The molecule has 1 amide bonds. The summed E-state index contributed by atoms with van der Waals surface area (Å²) in [6.45, 7) is 2.38. The number of halogens is 1. The third kappa shape index (κ3) is 7.73. The lowest BCUT2D eigenvalue weighted by Gasteiger charge is -2.24. The Balaban J connectivity index is 1.58. The highest BCUT2D eigenvalue weighted by Gasteiger charge is 2.27. The number of anilines is 1. The number of ether oxygens (including phenoxy) is 1. The Morgan fingerprint density at radius 3 is 2.37 bits per heavy atom. The van der Waals surface area contributed by atoms with Crippen LogP contribution in [0.1, 0.15) is 18.9 Å². The van der Waals surface area contributed by atoms with Gasteiger partial charge in [0.2, 0.25) is 5.91 Å². The molecule has 0 aliphatic carbocycles. The molecule has 6 nitrogen and oxygen atoms in total. The van der Waals surface area contributed by atoms with Gasteiger partial charge in [0, 0.05) is 12.3 Å². The first-order valence-corrected chi connectivity index (χ1v) is 13.9. The van der Waals surface area contributed by atoms with Crippen LogP contribution in [0.15, 0.2) is 83.8 Å². The Kier molecular flexibility index (Phi) is 9.98. The molecule has 0 saturated heterocycles. The van der Waals surface area contributed by atoms with Gasteiger partial charge in [-0.15, -0.1) is 0 Å². The molecule has 35 heavy (non-hydrogen) atoms. The van der Waals surface area contributed by atoms with E-state index in [-0.39, 0.29) is 17.3 Å². The molecule has 1 N–H and O–H groups in total. The van der Waals surface area contributed by atoms with Gasteiger partial charge in [0.1, 0.15) is 18.1 Å². The fourth-order valence-electron chi connectivity index (χ4n) is 3.30. The molecule has 0 bridgehead atoms. The minimum absolute atomic E-state index is 0.0714. The van der Waals surface area contributed by atoms with Gasteiger partial charge >= 0.3 is 0 Å². The van der Waals surface area contributed by atoms with Crippen molar-refractivity contribution in [1.82, 2.24) is 5.32 Å². The van der Waals surface area contributed by atoms with Crippen molar-refractivity contribution in [2.75, 3.05) is 29.8 Å². The van der Waals surface area contributed by atoms with E-state index in [1.54, 1.807) is 72.4 Å². The molecule has 3 rings (SSSR count). The van der Waals surface area contributed by atoms with Crippen LogP contribution >= 0.6 is 11.8 Å². The van der Waals surface area contributed by atoms with Crippen LogP contribution in [-0.2, 0) is 20.6 Å². The standard InChI is InChI=1S/C26H29FN2O4S2/c1-2-33-23-13-15-24(16-14-23)35(31,32)29(22-10-4-3-5-11-22)19-26(30)28-17-8-18-34-20-21-9-6-7-12-25(21)27/h3-7,9-16H,2,8,17-20H2,1H3,(H,28,30). The first-order valence-electron chi connectivity index (χ1n) is 11.3. The molecule has 0 saturated carbocycles. The second kappa shape index (κ2) is 13.2. The number of benzene rings is 3. The highest BCUT2D eigenvalue weighted by Crippen LogP contribution is 2.25. The fraction of sp³-hybridized carbons (Fsp3) is 0.269. The first kappa shape index (κ1) is 26.6. The second-order valence-corrected chi connectivity index (χ2v) is 10.6. The number of carbonyl (C=O) groups excluding carboxylic acids is 1. The number of thioether (sulfide) groups is 1. The summed E-state index contributed by atoms with van der Waals surface area (Å²) >= 11 is 1.58. The predicted octanol–water partition coefficient (Wildman–Crippen LogP) is 4.86. The number of hydrogen-bond donors (Lipinski definition) is 1. The maximum Gasteiger partial charge on any atom is 0.264 e. The Hall–Kier alpha value is -3.04. The summed E-state index contributed by atoms with van der Waals surface area (Å²) in [7, 11) is -3.98. The van der Waals surface area contributed by atoms with Crippen molar-refractivity contribution in [1.29, 1.82) is 0 Å². The van der Waals surface area contributed by atoms with Crippen molar-refractivity contribution >= 4 is 33.4 Å². The normalized spacial score (nSPS) is 11.1. The van der Waals surface area contributed by atoms with Crippen molar-refractivity contribution in [3.8, 4) is 5.75 Å². The van der Waals surface area contributed by atoms with Gasteiger partial charge in [-0.05, 0) is 67.1 Å². The number of amides is 1. The van der Waals surface area contributed by atoms with Crippen LogP contribution in [0.25, 0.3) is 0 Å². The molecule has 0 unspecified atom stereocenters. The highest BCUT2D eigenvalue weighted by atomic mass is 32.2. The third-order valence-electron chi connectivity index (χ3n) is 5.06. The average Bonchev–Trinajstić information content (AvgIpc) is 2.86. The number of carbonyl (C=O) groups is 1. The lowest BCUT2D eigenvalue weighted by molar-refractivity contribution is -0.119. The Morgan fingerprint density at radius 1 is 1.00 bits per heavy atom. The average molecular weight is 517 g/mol.